The molecular formula is C25H25N3O2. The van der Waals surface area contributed by atoms with Gasteiger partial charge in [-0.3, -0.25) is 9.78 Å². The van der Waals surface area contributed by atoms with Gasteiger partial charge in [0.2, 0.25) is 0 Å². The number of carbonyl (C=O) groups excluding carboxylic acids is 1. The third kappa shape index (κ3) is 4.06. The van der Waals surface area contributed by atoms with E-state index in [4.69, 9.17) is 4.74 Å². The number of ether oxygens (including phenoxy) is 1. The molecule has 0 aliphatic rings. The summed E-state index contributed by atoms with van der Waals surface area (Å²) in [4.78, 5) is 17.4. The van der Waals surface area contributed by atoms with Crippen molar-refractivity contribution >= 4 is 16.8 Å². The smallest absolute Gasteiger partial charge is 0.268 e. The second-order valence-corrected chi connectivity index (χ2v) is 7.17. The lowest BCUT2D eigenvalue weighted by Crippen LogP contribution is -2.26. The molecule has 2 heterocycles. The number of hydrogen-bond acceptors (Lipinski definition) is 3. The van der Waals surface area contributed by atoms with Gasteiger partial charge in [-0.05, 0) is 55.3 Å². The largest absolute Gasteiger partial charge is 0.493 e. The zero-order valence-corrected chi connectivity index (χ0v) is 17.3. The number of rotatable bonds is 7. The fourth-order valence-corrected chi connectivity index (χ4v) is 3.62. The predicted molar refractivity (Wildman–Crippen MR) is 119 cm³/mol. The Kier molecular flexibility index (Phi) is 5.80. The van der Waals surface area contributed by atoms with E-state index < -0.39 is 0 Å². The number of aryl methyl sites for hydroxylation is 1. The Bertz CT molecular complexity index is 1170. The van der Waals surface area contributed by atoms with Crippen LogP contribution < -0.4 is 10.1 Å². The summed E-state index contributed by atoms with van der Waals surface area (Å²) in [7, 11) is 0. The van der Waals surface area contributed by atoms with Crippen LogP contribution in [-0.4, -0.2) is 22.1 Å². The van der Waals surface area contributed by atoms with Crippen molar-refractivity contribution in [2.75, 3.05) is 6.61 Å². The standard InChI is InChI=1S/C25H25N3O2/c1-3-30-24-13-8-12-22-21(24)15-23(25(29)27-16-20-11-6-7-14-26-20)28(22)17-19-10-5-4-9-18(19)2/h4-15H,3,16-17H2,1-2H3,(H,27,29). The lowest BCUT2D eigenvalue weighted by molar-refractivity contribution is 0.0942. The number of nitrogens with one attached hydrogen (secondary N) is 1. The monoisotopic (exact) mass is 399 g/mol. The van der Waals surface area contributed by atoms with Gasteiger partial charge in [0.05, 0.1) is 24.4 Å². The maximum Gasteiger partial charge on any atom is 0.268 e. The van der Waals surface area contributed by atoms with Crippen LogP contribution in [0.2, 0.25) is 0 Å². The van der Waals surface area contributed by atoms with Crippen LogP contribution >= 0.6 is 0 Å². The van der Waals surface area contributed by atoms with E-state index >= 15 is 0 Å². The molecule has 0 saturated heterocycles. The molecule has 0 unspecified atom stereocenters. The van der Waals surface area contributed by atoms with Gasteiger partial charge in [-0.25, -0.2) is 0 Å². The topological polar surface area (TPSA) is 56.1 Å². The SMILES string of the molecule is CCOc1cccc2c1cc(C(=O)NCc1ccccn1)n2Cc1ccccc1C. The Labute approximate surface area is 176 Å². The van der Waals surface area contributed by atoms with Crippen molar-refractivity contribution in [1.29, 1.82) is 0 Å². The summed E-state index contributed by atoms with van der Waals surface area (Å²) in [5.41, 5.74) is 4.78. The first-order chi connectivity index (χ1) is 14.7. The molecule has 0 bridgehead atoms. The normalized spacial score (nSPS) is 10.9. The molecule has 0 saturated carbocycles. The van der Waals surface area contributed by atoms with Crippen LogP contribution in [0.25, 0.3) is 10.9 Å². The van der Waals surface area contributed by atoms with Gasteiger partial charge in [-0.1, -0.05) is 36.4 Å². The molecule has 0 spiro atoms. The van der Waals surface area contributed by atoms with Crippen LogP contribution in [0.5, 0.6) is 5.75 Å². The van der Waals surface area contributed by atoms with E-state index in [1.165, 1.54) is 11.1 Å². The fourth-order valence-electron chi connectivity index (χ4n) is 3.62. The summed E-state index contributed by atoms with van der Waals surface area (Å²) >= 11 is 0. The molecule has 4 rings (SSSR count). The first-order valence-corrected chi connectivity index (χ1v) is 10.1. The minimum absolute atomic E-state index is 0.132. The van der Waals surface area contributed by atoms with Gasteiger partial charge in [-0.2, -0.15) is 0 Å². The number of benzene rings is 2. The van der Waals surface area contributed by atoms with Gasteiger partial charge in [0.25, 0.3) is 5.91 Å². The zero-order chi connectivity index (χ0) is 20.9. The first kappa shape index (κ1) is 19.7. The number of hydrogen-bond donors (Lipinski definition) is 1. The van der Waals surface area contributed by atoms with Crippen molar-refractivity contribution in [3.63, 3.8) is 0 Å². The quantitative estimate of drug-likeness (QED) is 0.489. The Morgan fingerprint density at radius 3 is 2.67 bits per heavy atom. The number of aromatic nitrogens is 2. The van der Waals surface area contributed by atoms with Gasteiger partial charge in [-0.15, -0.1) is 0 Å². The number of carbonyl (C=O) groups is 1. The van der Waals surface area contributed by atoms with Gasteiger partial charge in [0, 0.05) is 18.1 Å². The molecule has 2 aromatic carbocycles. The van der Waals surface area contributed by atoms with Crippen molar-refractivity contribution in [2.45, 2.75) is 26.9 Å². The van der Waals surface area contributed by atoms with Crippen LogP contribution in [0.15, 0.2) is 72.9 Å². The molecule has 0 atom stereocenters. The second-order valence-electron chi connectivity index (χ2n) is 7.17. The van der Waals surface area contributed by atoms with Crippen molar-refractivity contribution in [2.24, 2.45) is 0 Å². The highest BCUT2D eigenvalue weighted by molar-refractivity contribution is 6.00. The van der Waals surface area contributed by atoms with Crippen LogP contribution in [0, 0.1) is 6.92 Å². The molecule has 0 aliphatic carbocycles. The van der Waals surface area contributed by atoms with Crippen molar-refractivity contribution < 1.29 is 9.53 Å². The lowest BCUT2D eigenvalue weighted by atomic mass is 10.1. The number of fused-ring (bicyclic) bond motifs is 1. The summed E-state index contributed by atoms with van der Waals surface area (Å²) in [5, 5.41) is 3.95. The minimum Gasteiger partial charge on any atom is -0.493 e. The molecule has 1 N–H and O–H groups in total. The van der Waals surface area contributed by atoms with Crippen molar-refractivity contribution in [1.82, 2.24) is 14.9 Å². The summed E-state index contributed by atoms with van der Waals surface area (Å²) in [6.07, 6.45) is 1.73. The molecule has 152 valence electrons. The van der Waals surface area contributed by atoms with E-state index in [0.29, 0.717) is 25.4 Å². The van der Waals surface area contributed by atoms with Crippen LogP contribution in [-0.2, 0) is 13.1 Å². The Morgan fingerprint density at radius 1 is 1.07 bits per heavy atom. The van der Waals surface area contributed by atoms with Crippen LogP contribution in [0.4, 0.5) is 0 Å². The highest BCUT2D eigenvalue weighted by Gasteiger charge is 2.18. The highest BCUT2D eigenvalue weighted by atomic mass is 16.5. The van der Waals surface area contributed by atoms with Crippen LogP contribution in [0.1, 0.15) is 34.2 Å². The maximum atomic E-state index is 13.2. The summed E-state index contributed by atoms with van der Waals surface area (Å²) < 4.78 is 7.88. The molecule has 2 aromatic heterocycles. The molecule has 30 heavy (non-hydrogen) atoms. The summed E-state index contributed by atoms with van der Waals surface area (Å²) in [5.74, 6) is 0.658. The minimum atomic E-state index is -0.132. The van der Waals surface area contributed by atoms with Crippen LogP contribution in [0.3, 0.4) is 0 Å². The number of pyridine rings is 1. The van der Waals surface area contributed by atoms with E-state index in [1.54, 1.807) is 6.20 Å². The fraction of sp³-hybridized carbons (Fsp3) is 0.200. The Morgan fingerprint density at radius 2 is 1.90 bits per heavy atom. The average molecular weight is 399 g/mol. The average Bonchev–Trinajstić information content (AvgIpc) is 3.14. The number of nitrogens with zero attached hydrogens (tertiary/aromatic N) is 2. The number of amides is 1. The van der Waals surface area contributed by atoms with E-state index in [-0.39, 0.29) is 5.91 Å². The Balaban J connectivity index is 1.73. The van der Waals surface area contributed by atoms with Crippen molar-refractivity contribution in [3.05, 3.63) is 95.4 Å². The third-order valence-electron chi connectivity index (χ3n) is 5.18. The van der Waals surface area contributed by atoms with E-state index in [1.807, 2.05) is 61.5 Å². The molecule has 0 radical (unpaired) electrons. The van der Waals surface area contributed by atoms with E-state index in [2.05, 4.69) is 33.9 Å². The summed E-state index contributed by atoms with van der Waals surface area (Å²) in [6, 6.07) is 21.8. The molecule has 1 amide bonds. The molecule has 0 fully saturated rings. The van der Waals surface area contributed by atoms with Gasteiger partial charge in [0.15, 0.2) is 0 Å². The zero-order valence-electron chi connectivity index (χ0n) is 17.3. The molecule has 5 heteroatoms. The van der Waals surface area contributed by atoms with E-state index in [0.717, 1.165) is 22.3 Å². The van der Waals surface area contributed by atoms with Gasteiger partial charge in [0.1, 0.15) is 11.4 Å². The van der Waals surface area contributed by atoms with Gasteiger partial charge >= 0.3 is 0 Å². The highest BCUT2D eigenvalue weighted by Crippen LogP contribution is 2.30. The first-order valence-electron chi connectivity index (χ1n) is 10.1. The van der Waals surface area contributed by atoms with Gasteiger partial charge < -0.3 is 14.6 Å². The maximum absolute atomic E-state index is 13.2. The predicted octanol–water partition coefficient (Wildman–Crippen LogP) is 4.72. The second kappa shape index (κ2) is 8.82. The summed E-state index contributed by atoms with van der Waals surface area (Å²) in [6.45, 7) is 5.61. The lowest BCUT2D eigenvalue weighted by Gasteiger charge is -2.13. The molecule has 0 aliphatic heterocycles. The molecule has 5 nitrogen and oxygen atoms in total. The van der Waals surface area contributed by atoms with Crippen molar-refractivity contribution in [3.8, 4) is 5.75 Å². The third-order valence-corrected chi connectivity index (χ3v) is 5.18. The van der Waals surface area contributed by atoms with E-state index in [9.17, 15) is 4.79 Å². The molecular weight excluding hydrogens is 374 g/mol. The Hall–Kier alpha value is -3.60. The molecule has 4 aromatic rings.